The molecule has 0 saturated carbocycles. The molecule has 3 aromatic carbocycles. The van der Waals surface area contributed by atoms with Crippen molar-refractivity contribution in [1.29, 1.82) is 0 Å². The van der Waals surface area contributed by atoms with Gasteiger partial charge in [0.1, 0.15) is 5.75 Å². The first-order chi connectivity index (χ1) is 16.2. The van der Waals surface area contributed by atoms with Gasteiger partial charge in [-0.05, 0) is 69.2 Å². The number of aryl methyl sites for hydroxylation is 3. The summed E-state index contributed by atoms with van der Waals surface area (Å²) in [7, 11) is -4.02. The van der Waals surface area contributed by atoms with Gasteiger partial charge in [-0.25, -0.2) is 0 Å². The molecule has 0 fully saturated rings. The van der Waals surface area contributed by atoms with Crippen LogP contribution in [0.15, 0.2) is 81.7 Å². The maximum atomic E-state index is 13.2. The number of nitrogens with one attached hydrogen (secondary N) is 1. The van der Waals surface area contributed by atoms with Crippen LogP contribution < -0.4 is 10.1 Å². The second-order valence-corrected chi connectivity index (χ2v) is 9.79. The number of Topliss-reactive ketones (excluding diaryl/α,β-unsaturated/α-hetero) is 1. The topological polar surface area (TPSA) is 84.8 Å². The number of ketones is 1. The minimum atomic E-state index is -4.02. The van der Waals surface area contributed by atoms with E-state index in [1.807, 2.05) is 39.8 Å². The highest BCUT2D eigenvalue weighted by Crippen LogP contribution is 2.28. The predicted molar refractivity (Wildman–Crippen MR) is 134 cm³/mol. The maximum absolute atomic E-state index is 13.2. The molecule has 174 valence electrons. The number of sulfonamides is 1. The van der Waals surface area contributed by atoms with Gasteiger partial charge in [-0.1, -0.05) is 42.0 Å². The second kappa shape index (κ2) is 9.27. The molecule has 0 atom stereocenters. The third-order valence-electron chi connectivity index (χ3n) is 5.56. The van der Waals surface area contributed by atoms with E-state index in [-0.39, 0.29) is 22.1 Å². The van der Waals surface area contributed by atoms with Gasteiger partial charge in [0.2, 0.25) is 5.78 Å². The normalized spacial score (nSPS) is 14.5. The molecule has 0 heterocycles. The predicted octanol–water partition coefficient (Wildman–Crippen LogP) is 5.38. The summed E-state index contributed by atoms with van der Waals surface area (Å²) in [5.41, 5.74) is 5.27. The molecule has 0 unspecified atom stereocenters. The van der Waals surface area contributed by atoms with Gasteiger partial charge in [0.15, 0.2) is 0 Å². The number of nitrogens with zero attached hydrogens (tertiary/aromatic N) is 1. The Morgan fingerprint density at radius 1 is 0.912 bits per heavy atom. The van der Waals surface area contributed by atoms with Gasteiger partial charge in [-0.3, -0.25) is 4.79 Å². The summed E-state index contributed by atoms with van der Waals surface area (Å²) in [5, 5.41) is 3.23. The molecule has 0 amide bonds. The lowest BCUT2D eigenvalue weighted by Gasteiger charge is -2.21. The molecule has 4 rings (SSSR count). The smallest absolute Gasteiger partial charge is 0.282 e. The Hall–Kier alpha value is -3.71. The summed E-state index contributed by atoms with van der Waals surface area (Å²) in [6.07, 6.45) is 1.51. The van der Waals surface area contributed by atoms with Gasteiger partial charge >= 0.3 is 0 Å². The average Bonchev–Trinajstić information content (AvgIpc) is 2.79. The van der Waals surface area contributed by atoms with Crippen molar-refractivity contribution in [3.63, 3.8) is 0 Å². The average molecular weight is 475 g/mol. The van der Waals surface area contributed by atoms with E-state index in [0.717, 1.165) is 22.4 Å². The zero-order valence-corrected chi connectivity index (χ0v) is 20.4. The van der Waals surface area contributed by atoms with E-state index in [2.05, 4.69) is 9.71 Å². The minimum Gasteiger partial charge on any atom is -0.494 e. The van der Waals surface area contributed by atoms with Crippen LogP contribution >= 0.6 is 0 Å². The lowest BCUT2D eigenvalue weighted by atomic mass is 9.92. The third-order valence-corrected chi connectivity index (χ3v) is 6.87. The molecule has 34 heavy (non-hydrogen) atoms. The van der Waals surface area contributed by atoms with Gasteiger partial charge in [0.25, 0.3) is 10.0 Å². The van der Waals surface area contributed by atoms with E-state index in [9.17, 15) is 13.2 Å². The number of carbonyl (C=O) groups is 1. The lowest BCUT2D eigenvalue weighted by molar-refractivity contribution is 0.103. The summed E-state index contributed by atoms with van der Waals surface area (Å²) in [6.45, 7) is 8.29. The van der Waals surface area contributed by atoms with Gasteiger partial charge < -0.3 is 10.1 Å². The molecule has 1 aliphatic carbocycles. The summed E-state index contributed by atoms with van der Waals surface area (Å²) < 4.78 is 35.7. The molecular weight excluding hydrogens is 448 g/mol. The number of benzene rings is 3. The van der Waals surface area contributed by atoms with Crippen molar-refractivity contribution in [2.75, 3.05) is 11.9 Å². The number of ether oxygens (including phenoxy) is 1. The van der Waals surface area contributed by atoms with E-state index in [0.29, 0.717) is 23.5 Å². The summed E-state index contributed by atoms with van der Waals surface area (Å²) in [5.74, 6) is 0.366. The van der Waals surface area contributed by atoms with Gasteiger partial charge in [-0.15, -0.1) is 0 Å². The van der Waals surface area contributed by atoms with Crippen molar-refractivity contribution in [2.24, 2.45) is 4.40 Å². The quantitative estimate of drug-likeness (QED) is 0.518. The molecule has 0 spiro atoms. The van der Waals surface area contributed by atoms with Crippen LogP contribution in [0.2, 0.25) is 0 Å². The minimum absolute atomic E-state index is 0.0472. The van der Waals surface area contributed by atoms with Crippen molar-refractivity contribution >= 4 is 27.2 Å². The fourth-order valence-electron chi connectivity index (χ4n) is 4.07. The molecule has 3 aromatic rings. The Morgan fingerprint density at radius 3 is 2.15 bits per heavy atom. The molecule has 0 aromatic heterocycles. The highest BCUT2D eigenvalue weighted by atomic mass is 32.2. The standard InChI is InChI=1S/C27H26N2O4S/c1-5-33-20-10-12-21(13-11-20)34(31,32)29-24-16-25(27(30)23-9-7-6-8-22(23)24)28-26-18(3)14-17(2)15-19(26)4/h6-16,28H,5H2,1-4H3/b29-24-. The van der Waals surface area contributed by atoms with Gasteiger partial charge in [0, 0.05) is 16.8 Å². The largest absolute Gasteiger partial charge is 0.494 e. The lowest BCUT2D eigenvalue weighted by Crippen LogP contribution is -2.23. The molecule has 1 aliphatic rings. The first kappa shape index (κ1) is 23.4. The molecule has 0 saturated heterocycles. The van der Waals surface area contributed by atoms with Crippen LogP contribution in [-0.2, 0) is 10.0 Å². The number of hydrogen-bond acceptors (Lipinski definition) is 5. The Labute approximate surface area is 200 Å². The van der Waals surface area contributed by atoms with Crippen LogP contribution in [0.5, 0.6) is 5.75 Å². The highest BCUT2D eigenvalue weighted by Gasteiger charge is 2.27. The van der Waals surface area contributed by atoms with Crippen molar-refractivity contribution in [3.8, 4) is 5.75 Å². The van der Waals surface area contributed by atoms with E-state index in [1.54, 1.807) is 36.4 Å². The van der Waals surface area contributed by atoms with Crippen LogP contribution in [0, 0.1) is 20.8 Å². The summed E-state index contributed by atoms with van der Waals surface area (Å²) >= 11 is 0. The van der Waals surface area contributed by atoms with Gasteiger partial charge in [0.05, 0.1) is 22.9 Å². The fourth-order valence-corrected chi connectivity index (χ4v) is 5.06. The van der Waals surface area contributed by atoms with E-state index >= 15 is 0 Å². The first-order valence-corrected chi connectivity index (χ1v) is 12.4. The number of hydrogen-bond donors (Lipinski definition) is 1. The molecule has 6 nitrogen and oxygen atoms in total. The zero-order valence-electron chi connectivity index (χ0n) is 19.5. The fraction of sp³-hybridized carbons (Fsp3) is 0.185. The van der Waals surface area contributed by atoms with E-state index < -0.39 is 10.0 Å². The monoisotopic (exact) mass is 474 g/mol. The van der Waals surface area contributed by atoms with Crippen molar-refractivity contribution in [1.82, 2.24) is 0 Å². The van der Waals surface area contributed by atoms with Crippen molar-refractivity contribution in [3.05, 3.63) is 100 Å². The molecule has 0 aliphatic heterocycles. The second-order valence-electron chi connectivity index (χ2n) is 8.19. The summed E-state index contributed by atoms with van der Waals surface area (Å²) in [6, 6.07) is 17.1. The maximum Gasteiger partial charge on any atom is 0.282 e. The molecule has 0 radical (unpaired) electrons. The molecule has 1 N–H and O–H groups in total. The SMILES string of the molecule is CCOc1ccc(S(=O)(=O)/N=C2/C=C(Nc3c(C)cc(C)cc3C)C(=O)c3ccccc32)cc1. The summed E-state index contributed by atoms with van der Waals surface area (Å²) in [4.78, 5) is 13.3. The molecule has 0 bridgehead atoms. The Kier molecular flexibility index (Phi) is 6.39. The molecule has 7 heteroatoms. The van der Waals surface area contributed by atoms with Crippen LogP contribution in [-0.4, -0.2) is 26.5 Å². The Balaban J connectivity index is 1.79. The Morgan fingerprint density at radius 2 is 1.53 bits per heavy atom. The first-order valence-electron chi connectivity index (χ1n) is 11.0. The highest BCUT2D eigenvalue weighted by molar-refractivity contribution is 7.90. The number of allylic oxidation sites excluding steroid dienone is 2. The molecular formula is C27H26N2O4S. The number of rotatable bonds is 6. The van der Waals surface area contributed by atoms with Crippen molar-refractivity contribution in [2.45, 2.75) is 32.6 Å². The number of fused-ring (bicyclic) bond motifs is 1. The Bertz CT molecular complexity index is 1410. The van der Waals surface area contributed by atoms with Crippen LogP contribution in [0.3, 0.4) is 0 Å². The zero-order chi connectivity index (χ0) is 24.5. The van der Waals surface area contributed by atoms with E-state index in [4.69, 9.17) is 4.74 Å². The van der Waals surface area contributed by atoms with Gasteiger partial charge in [-0.2, -0.15) is 12.8 Å². The van der Waals surface area contributed by atoms with Crippen molar-refractivity contribution < 1.29 is 17.9 Å². The number of carbonyl (C=O) groups excluding carboxylic acids is 1. The number of anilines is 1. The van der Waals surface area contributed by atoms with Crippen LogP contribution in [0.4, 0.5) is 5.69 Å². The van der Waals surface area contributed by atoms with Crippen LogP contribution in [0.1, 0.15) is 39.5 Å². The van der Waals surface area contributed by atoms with Crippen LogP contribution in [0.25, 0.3) is 0 Å². The third kappa shape index (κ3) is 4.65. The van der Waals surface area contributed by atoms with E-state index in [1.165, 1.54) is 18.2 Å².